The van der Waals surface area contributed by atoms with Crippen LogP contribution in [0.25, 0.3) is 0 Å². The Morgan fingerprint density at radius 2 is 1.88 bits per heavy atom. The van der Waals surface area contributed by atoms with Gasteiger partial charge in [-0.15, -0.1) is 0 Å². The number of ether oxygens (including phenoxy) is 2. The van der Waals surface area contributed by atoms with Crippen molar-refractivity contribution >= 4 is 51.3 Å². The predicted octanol–water partition coefficient (Wildman–Crippen LogP) is 7.13. The maximum absolute atomic E-state index is 12.8. The molecule has 0 atom stereocenters. The summed E-state index contributed by atoms with van der Waals surface area (Å²) in [6.45, 7) is 0.201. The molecule has 0 unspecified atom stereocenters. The van der Waals surface area contributed by atoms with Crippen LogP contribution in [-0.2, 0) is 12.8 Å². The number of hydrogen-bond donors (Lipinski definition) is 1. The summed E-state index contributed by atoms with van der Waals surface area (Å²) in [7, 11) is 1.46. The van der Waals surface area contributed by atoms with E-state index < -0.39 is 17.6 Å². The van der Waals surface area contributed by atoms with Crippen LogP contribution in [0.5, 0.6) is 11.5 Å². The molecular formula is C23H16BrCl2F3N2O3. The first-order chi connectivity index (χ1) is 16.1. The van der Waals surface area contributed by atoms with Gasteiger partial charge in [-0.1, -0.05) is 35.3 Å². The average Bonchev–Trinajstić information content (AvgIpc) is 2.79. The fourth-order valence-electron chi connectivity index (χ4n) is 2.81. The Bertz CT molecular complexity index is 1240. The third-order valence-corrected chi connectivity index (χ3v) is 5.78. The minimum Gasteiger partial charge on any atom is -0.493 e. The van der Waals surface area contributed by atoms with Crippen molar-refractivity contribution in [2.24, 2.45) is 5.10 Å². The maximum atomic E-state index is 12.8. The van der Waals surface area contributed by atoms with E-state index in [9.17, 15) is 18.0 Å². The van der Waals surface area contributed by atoms with E-state index in [1.807, 2.05) is 0 Å². The van der Waals surface area contributed by atoms with Gasteiger partial charge in [-0.2, -0.15) is 18.3 Å². The molecule has 0 aliphatic heterocycles. The number of carbonyl (C=O) groups excluding carboxylic acids is 1. The molecule has 11 heteroatoms. The van der Waals surface area contributed by atoms with E-state index in [0.29, 0.717) is 31.6 Å². The smallest absolute Gasteiger partial charge is 0.416 e. The molecule has 0 aliphatic rings. The number of rotatable bonds is 7. The fourth-order valence-corrected chi connectivity index (χ4v) is 3.70. The summed E-state index contributed by atoms with van der Waals surface area (Å²) >= 11 is 15.4. The second kappa shape index (κ2) is 11.1. The van der Waals surface area contributed by atoms with E-state index in [1.165, 1.54) is 19.4 Å². The number of alkyl halides is 3. The quantitative estimate of drug-likeness (QED) is 0.241. The first-order valence-corrected chi connectivity index (χ1v) is 11.1. The normalized spacial score (nSPS) is 11.5. The van der Waals surface area contributed by atoms with Gasteiger partial charge in [-0.3, -0.25) is 4.79 Å². The Kier molecular flexibility index (Phi) is 8.46. The zero-order valence-corrected chi connectivity index (χ0v) is 20.5. The van der Waals surface area contributed by atoms with Crippen LogP contribution in [-0.4, -0.2) is 19.2 Å². The molecule has 0 aromatic heterocycles. The summed E-state index contributed by atoms with van der Waals surface area (Å²) < 4.78 is 50.3. The molecule has 1 N–H and O–H groups in total. The first kappa shape index (κ1) is 25.9. The van der Waals surface area contributed by atoms with E-state index in [2.05, 4.69) is 26.5 Å². The number of methoxy groups -OCH3 is 1. The maximum Gasteiger partial charge on any atom is 0.416 e. The number of benzene rings is 3. The zero-order chi connectivity index (χ0) is 24.9. The lowest BCUT2D eigenvalue weighted by atomic mass is 10.1. The molecule has 1 amide bonds. The van der Waals surface area contributed by atoms with Gasteiger partial charge in [0, 0.05) is 5.56 Å². The molecule has 0 bridgehead atoms. The lowest BCUT2D eigenvalue weighted by Gasteiger charge is -2.14. The minimum absolute atomic E-state index is 0.170. The highest BCUT2D eigenvalue weighted by Gasteiger charge is 2.30. The van der Waals surface area contributed by atoms with Crippen molar-refractivity contribution < 1.29 is 27.4 Å². The summed E-state index contributed by atoms with van der Waals surface area (Å²) in [6.07, 6.45) is -3.23. The zero-order valence-electron chi connectivity index (χ0n) is 17.4. The summed E-state index contributed by atoms with van der Waals surface area (Å²) in [6, 6.07) is 12.5. The summed E-state index contributed by atoms with van der Waals surface area (Å²) in [4.78, 5) is 12.2. The van der Waals surface area contributed by atoms with Gasteiger partial charge in [0.25, 0.3) is 5.91 Å². The molecule has 0 saturated heterocycles. The van der Waals surface area contributed by atoms with Crippen LogP contribution in [0.2, 0.25) is 10.0 Å². The molecule has 0 aliphatic carbocycles. The summed E-state index contributed by atoms with van der Waals surface area (Å²) in [5.74, 6) is 0.0359. The molecule has 5 nitrogen and oxygen atoms in total. The van der Waals surface area contributed by atoms with E-state index in [1.54, 1.807) is 30.3 Å². The van der Waals surface area contributed by atoms with Crippen LogP contribution in [0, 0.1) is 0 Å². The molecule has 0 spiro atoms. The van der Waals surface area contributed by atoms with E-state index in [0.717, 1.165) is 23.8 Å². The van der Waals surface area contributed by atoms with Crippen LogP contribution in [0.1, 0.15) is 27.0 Å². The third-order valence-electron chi connectivity index (χ3n) is 4.45. The molecule has 3 aromatic carbocycles. The Balaban J connectivity index is 1.70. The molecule has 0 saturated carbocycles. The van der Waals surface area contributed by atoms with Crippen molar-refractivity contribution in [1.82, 2.24) is 5.43 Å². The first-order valence-electron chi connectivity index (χ1n) is 9.53. The molecule has 0 fully saturated rings. The number of hydrogen-bond acceptors (Lipinski definition) is 4. The second-order valence-corrected chi connectivity index (χ2v) is 8.52. The number of hydrazone groups is 1. The monoisotopic (exact) mass is 574 g/mol. The highest BCUT2D eigenvalue weighted by atomic mass is 79.9. The summed E-state index contributed by atoms with van der Waals surface area (Å²) in [5, 5.41) is 4.66. The van der Waals surface area contributed by atoms with Crippen LogP contribution in [0.15, 0.2) is 64.2 Å². The molecule has 0 heterocycles. The number of nitrogens with one attached hydrogen (secondary N) is 1. The van der Waals surface area contributed by atoms with Crippen molar-refractivity contribution in [3.8, 4) is 11.5 Å². The lowest BCUT2D eigenvalue weighted by Crippen LogP contribution is -2.18. The SMILES string of the molecule is COc1cc(/C=N\NC(=O)c2cccc(C(F)(F)F)c2)cc(Br)c1OCc1ccc(Cl)c(Cl)c1. The predicted molar refractivity (Wildman–Crippen MR) is 128 cm³/mol. The topological polar surface area (TPSA) is 59.9 Å². The van der Waals surface area contributed by atoms with E-state index in [-0.39, 0.29) is 12.2 Å². The van der Waals surface area contributed by atoms with Crippen LogP contribution in [0.3, 0.4) is 0 Å². The Morgan fingerprint density at radius 3 is 2.56 bits per heavy atom. The van der Waals surface area contributed by atoms with Gasteiger partial charge >= 0.3 is 6.18 Å². The number of carbonyl (C=O) groups is 1. The minimum atomic E-state index is -4.55. The molecule has 0 radical (unpaired) electrons. The van der Waals surface area contributed by atoms with Gasteiger partial charge < -0.3 is 9.47 Å². The van der Waals surface area contributed by atoms with E-state index >= 15 is 0 Å². The highest BCUT2D eigenvalue weighted by Crippen LogP contribution is 2.37. The van der Waals surface area contributed by atoms with Crippen molar-refractivity contribution in [3.05, 3.63) is 91.4 Å². The van der Waals surface area contributed by atoms with Crippen molar-refractivity contribution in [2.75, 3.05) is 7.11 Å². The summed E-state index contributed by atoms with van der Waals surface area (Å²) in [5.41, 5.74) is 2.45. The Labute approximate surface area is 211 Å². The second-order valence-electron chi connectivity index (χ2n) is 6.85. The van der Waals surface area contributed by atoms with Crippen molar-refractivity contribution in [1.29, 1.82) is 0 Å². The highest BCUT2D eigenvalue weighted by molar-refractivity contribution is 9.10. The molecule has 34 heavy (non-hydrogen) atoms. The fraction of sp³-hybridized carbons (Fsp3) is 0.130. The Morgan fingerprint density at radius 1 is 1.12 bits per heavy atom. The molecule has 3 rings (SSSR count). The van der Waals surface area contributed by atoms with Gasteiger partial charge in [0.05, 0.1) is 33.4 Å². The van der Waals surface area contributed by atoms with Crippen molar-refractivity contribution in [3.63, 3.8) is 0 Å². The van der Waals surface area contributed by atoms with Gasteiger partial charge in [-0.25, -0.2) is 5.43 Å². The van der Waals surface area contributed by atoms with E-state index in [4.69, 9.17) is 32.7 Å². The average molecular weight is 576 g/mol. The lowest BCUT2D eigenvalue weighted by molar-refractivity contribution is -0.137. The Hall–Kier alpha value is -2.75. The largest absolute Gasteiger partial charge is 0.493 e. The van der Waals surface area contributed by atoms with Gasteiger partial charge in [0.2, 0.25) is 0 Å². The van der Waals surface area contributed by atoms with Crippen LogP contribution >= 0.6 is 39.1 Å². The van der Waals surface area contributed by atoms with Gasteiger partial charge in [0.1, 0.15) is 6.61 Å². The van der Waals surface area contributed by atoms with Gasteiger partial charge in [0.15, 0.2) is 11.5 Å². The molecule has 178 valence electrons. The third kappa shape index (κ3) is 6.65. The van der Waals surface area contributed by atoms with Crippen molar-refractivity contribution in [2.45, 2.75) is 12.8 Å². The number of amides is 1. The van der Waals surface area contributed by atoms with Crippen LogP contribution in [0.4, 0.5) is 13.2 Å². The molecular weight excluding hydrogens is 560 g/mol. The standard InChI is InChI=1S/C23H16BrCl2F3N2O3/c1-33-20-9-14(7-17(24)21(20)34-12-13-5-6-18(25)19(26)8-13)11-30-31-22(32)15-3-2-4-16(10-15)23(27,28)29/h2-11H,12H2,1H3,(H,31,32)/b30-11-. The van der Waals surface area contributed by atoms with Crippen LogP contribution < -0.4 is 14.9 Å². The number of halogens is 6. The number of nitrogens with zero attached hydrogens (tertiary/aromatic N) is 1. The van der Waals surface area contributed by atoms with Gasteiger partial charge in [-0.05, 0) is 69.5 Å². The molecule has 3 aromatic rings.